The smallest absolute Gasteiger partial charge is 0.411 e. The Morgan fingerprint density at radius 2 is 1.54 bits per heavy atom. The molecule has 1 rings (SSSR count). The number of hydrogen-bond donors (Lipinski definition) is 1. The van der Waals surface area contributed by atoms with Crippen LogP contribution in [-0.2, 0) is 20.9 Å². The first kappa shape index (κ1) is 21.8. The lowest BCUT2D eigenvalue weighted by Crippen LogP contribution is -2.37. The number of hydrogen-bond acceptors (Lipinski definition) is 4. The Kier molecular flexibility index (Phi) is 7.92. The van der Waals surface area contributed by atoms with E-state index in [9.17, 15) is 14.4 Å². The van der Waals surface area contributed by atoms with E-state index in [2.05, 4.69) is 5.32 Å². The van der Waals surface area contributed by atoms with Gasteiger partial charge in [-0.05, 0) is 24.6 Å². The van der Waals surface area contributed by atoms with E-state index in [1.165, 1.54) is 44.9 Å². The molecule has 1 aromatic rings. The molecule has 142 valence electrons. The van der Waals surface area contributed by atoms with Gasteiger partial charge in [0.25, 0.3) is 11.8 Å². The number of nitrogens with one attached hydrogen (secondary N) is 1. The maximum absolute atomic E-state index is 12.3. The molecule has 7 nitrogen and oxygen atoms in total. The van der Waals surface area contributed by atoms with Gasteiger partial charge in [0.2, 0.25) is 0 Å². The molecule has 0 aliphatic heterocycles. The summed E-state index contributed by atoms with van der Waals surface area (Å²) < 4.78 is 5.09. The summed E-state index contributed by atoms with van der Waals surface area (Å²) in [7, 11) is 6.06. The monoisotopic (exact) mass is 401 g/mol. The second-order valence-electron chi connectivity index (χ2n) is 5.85. The number of carbonyl (C=O) groups is 3. The van der Waals surface area contributed by atoms with Crippen molar-refractivity contribution in [3.8, 4) is 0 Å². The second-order valence-corrected chi connectivity index (χ2v) is 6.66. The molecule has 26 heavy (non-hydrogen) atoms. The number of rotatable bonds is 5. The Balaban J connectivity index is 2.88. The number of carbonyl (C=O) groups excluding carboxylic acids is 3. The molecule has 0 saturated carbocycles. The van der Waals surface area contributed by atoms with Crippen molar-refractivity contribution in [2.24, 2.45) is 0 Å². The van der Waals surface area contributed by atoms with E-state index in [1.807, 2.05) is 0 Å². The van der Waals surface area contributed by atoms with Gasteiger partial charge in [0.1, 0.15) is 12.2 Å². The highest BCUT2D eigenvalue weighted by Gasteiger charge is 2.25. The Hall–Kier alpha value is -2.25. The molecule has 0 unspecified atom stereocenters. The lowest BCUT2D eigenvalue weighted by Gasteiger charge is -2.19. The third-order valence-corrected chi connectivity index (χ3v) is 4.00. The summed E-state index contributed by atoms with van der Waals surface area (Å²) in [6.45, 7) is 1.41. The van der Waals surface area contributed by atoms with Crippen LogP contribution in [0.3, 0.4) is 0 Å². The highest BCUT2D eigenvalue weighted by Crippen LogP contribution is 2.22. The normalized spacial score (nSPS) is 9.96. The molecule has 0 fully saturated rings. The Bertz CT molecular complexity index is 724. The molecule has 0 bridgehead atoms. The third-order valence-electron chi connectivity index (χ3n) is 3.26. The fraction of sp³-hybridized carbons (Fsp3) is 0.353. The summed E-state index contributed by atoms with van der Waals surface area (Å²) in [6, 6.07) is 4.84. The zero-order valence-corrected chi connectivity index (χ0v) is 16.7. The van der Waals surface area contributed by atoms with E-state index >= 15 is 0 Å². The zero-order valence-electron chi connectivity index (χ0n) is 15.2. The maximum Gasteiger partial charge on any atom is 0.411 e. The summed E-state index contributed by atoms with van der Waals surface area (Å²) in [4.78, 5) is 39.0. The molecule has 0 radical (unpaired) electrons. The summed E-state index contributed by atoms with van der Waals surface area (Å²) in [5.41, 5.74) is 0.596. The minimum absolute atomic E-state index is 0.0470. The van der Waals surface area contributed by atoms with Crippen LogP contribution in [0.15, 0.2) is 29.5 Å². The molecule has 3 amide bonds. The first-order chi connectivity index (χ1) is 12.0. The van der Waals surface area contributed by atoms with Crippen molar-refractivity contribution < 1.29 is 19.1 Å². The predicted molar refractivity (Wildman–Crippen MR) is 99.9 cm³/mol. The van der Waals surface area contributed by atoms with Crippen LogP contribution < -0.4 is 5.32 Å². The molecule has 0 saturated heterocycles. The molecule has 0 atom stereocenters. The van der Waals surface area contributed by atoms with Crippen LogP contribution in [0, 0.1) is 0 Å². The van der Waals surface area contributed by atoms with Crippen LogP contribution in [0.1, 0.15) is 12.5 Å². The van der Waals surface area contributed by atoms with Crippen molar-refractivity contribution in [2.45, 2.75) is 13.5 Å². The van der Waals surface area contributed by atoms with Crippen molar-refractivity contribution in [1.82, 2.24) is 15.1 Å². The number of amides is 3. The molecule has 0 heterocycles. The van der Waals surface area contributed by atoms with Crippen LogP contribution in [0.25, 0.3) is 0 Å². The molecule has 0 spiro atoms. The van der Waals surface area contributed by atoms with Gasteiger partial charge in [-0.3, -0.25) is 14.9 Å². The molecule has 1 N–H and O–H groups in total. The molecular weight excluding hydrogens is 381 g/mol. The van der Waals surface area contributed by atoms with E-state index in [0.29, 0.717) is 15.6 Å². The summed E-state index contributed by atoms with van der Waals surface area (Å²) in [5, 5.41) is 3.16. The van der Waals surface area contributed by atoms with Crippen LogP contribution >= 0.6 is 23.2 Å². The van der Waals surface area contributed by atoms with Crippen molar-refractivity contribution in [3.05, 3.63) is 45.1 Å². The predicted octanol–water partition coefficient (Wildman–Crippen LogP) is 2.67. The van der Waals surface area contributed by atoms with Gasteiger partial charge in [-0.25, -0.2) is 4.79 Å². The number of likely N-dealkylation sites (N-methyl/N-ethyl adjacent to an activating group) is 2. The van der Waals surface area contributed by atoms with Gasteiger partial charge < -0.3 is 14.5 Å². The zero-order chi connectivity index (χ0) is 20.0. The summed E-state index contributed by atoms with van der Waals surface area (Å²) in [5.74, 6) is -1.04. The third kappa shape index (κ3) is 5.93. The fourth-order valence-electron chi connectivity index (χ4n) is 1.89. The van der Waals surface area contributed by atoms with E-state index in [4.69, 9.17) is 27.9 Å². The quantitative estimate of drug-likeness (QED) is 0.467. The van der Waals surface area contributed by atoms with Crippen LogP contribution in [0.4, 0.5) is 4.79 Å². The summed E-state index contributed by atoms with van der Waals surface area (Å²) >= 11 is 11.7. The standard InChI is InChI=1S/C17H21Cl2N3O4/c1-10(14(15(23)21(2)3)16(24)22(4)5)20-17(25)26-9-11-6-7-12(18)13(19)8-11/h6-8H,9H2,1-5H3,(H,20,25). The molecule has 0 aliphatic carbocycles. The average Bonchev–Trinajstić information content (AvgIpc) is 2.55. The number of ether oxygens (including phenoxy) is 1. The van der Waals surface area contributed by atoms with Gasteiger partial charge in [0, 0.05) is 33.9 Å². The van der Waals surface area contributed by atoms with Gasteiger partial charge in [-0.2, -0.15) is 0 Å². The van der Waals surface area contributed by atoms with Gasteiger partial charge >= 0.3 is 6.09 Å². The highest BCUT2D eigenvalue weighted by atomic mass is 35.5. The molecule has 0 aliphatic rings. The van der Waals surface area contributed by atoms with Gasteiger partial charge in [0.15, 0.2) is 0 Å². The minimum atomic E-state index is -0.802. The van der Waals surface area contributed by atoms with Gasteiger partial charge in [-0.1, -0.05) is 29.3 Å². The van der Waals surface area contributed by atoms with Crippen molar-refractivity contribution >= 4 is 41.1 Å². The number of nitrogens with zero attached hydrogens (tertiary/aromatic N) is 2. The summed E-state index contributed by atoms with van der Waals surface area (Å²) in [6.07, 6.45) is -0.802. The minimum Gasteiger partial charge on any atom is -0.444 e. The lowest BCUT2D eigenvalue weighted by molar-refractivity contribution is -0.131. The van der Waals surface area contributed by atoms with E-state index < -0.39 is 17.9 Å². The topological polar surface area (TPSA) is 79.0 Å². The Morgan fingerprint density at radius 1 is 1.00 bits per heavy atom. The Labute approximate surface area is 162 Å². The fourth-order valence-corrected chi connectivity index (χ4v) is 2.21. The van der Waals surface area contributed by atoms with E-state index in [-0.39, 0.29) is 17.9 Å². The van der Waals surface area contributed by atoms with E-state index in [1.54, 1.807) is 18.2 Å². The lowest BCUT2D eigenvalue weighted by atomic mass is 10.1. The molecule has 9 heteroatoms. The number of halogens is 2. The average molecular weight is 402 g/mol. The maximum atomic E-state index is 12.3. The van der Waals surface area contributed by atoms with Crippen molar-refractivity contribution in [1.29, 1.82) is 0 Å². The molecule has 0 aromatic heterocycles. The molecular formula is C17H21Cl2N3O4. The van der Waals surface area contributed by atoms with E-state index in [0.717, 1.165) is 0 Å². The van der Waals surface area contributed by atoms with Crippen LogP contribution in [0.2, 0.25) is 10.0 Å². The first-order valence-electron chi connectivity index (χ1n) is 7.56. The SMILES string of the molecule is CC(NC(=O)OCc1ccc(Cl)c(Cl)c1)=C(C(=O)N(C)C)C(=O)N(C)C. The number of benzene rings is 1. The van der Waals surface area contributed by atoms with Gasteiger partial charge in [-0.15, -0.1) is 0 Å². The highest BCUT2D eigenvalue weighted by molar-refractivity contribution is 6.42. The molecule has 1 aromatic carbocycles. The van der Waals surface area contributed by atoms with Crippen LogP contribution in [-0.4, -0.2) is 55.9 Å². The Morgan fingerprint density at radius 3 is 2.00 bits per heavy atom. The van der Waals surface area contributed by atoms with Crippen LogP contribution in [0.5, 0.6) is 0 Å². The van der Waals surface area contributed by atoms with Crippen molar-refractivity contribution in [3.63, 3.8) is 0 Å². The van der Waals surface area contributed by atoms with Crippen molar-refractivity contribution in [2.75, 3.05) is 28.2 Å². The largest absolute Gasteiger partial charge is 0.444 e. The number of allylic oxidation sites excluding steroid dienone is 1. The van der Waals surface area contributed by atoms with Gasteiger partial charge in [0.05, 0.1) is 10.0 Å². The first-order valence-corrected chi connectivity index (χ1v) is 8.32. The second kappa shape index (κ2) is 9.45. The number of alkyl carbamates (subject to hydrolysis) is 1.